The first-order valence-electron chi connectivity index (χ1n) is 6.11. The summed E-state index contributed by atoms with van der Waals surface area (Å²) in [5.74, 6) is -0.173. The molecule has 5 nitrogen and oxygen atoms in total. The van der Waals surface area contributed by atoms with E-state index in [1.54, 1.807) is 11.0 Å². The van der Waals surface area contributed by atoms with Crippen LogP contribution in [0.25, 0.3) is 0 Å². The van der Waals surface area contributed by atoms with Crippen LogP contribution in [0.2, 0.25) is 0 Å². The fraction of sp³-hybridized carbons (Fsp3) is 0.538. The first-order valence-corrected chi connectivity index (χ1v) is 6.11. The second-order valence-corrected chi connectivity index (χ2v) is 4.72. The molecule has 0 aliphatic carbocycles. The van der Waals surface area contributed by atoms with Crippen LogP contribution in [0.4, 0.5) is 0 Å². The molecule has 0 radical (unpaired) electrons. The van der Waals surface area contributed by atoms with Crippen molar-refractivity contribution in [2.75, 3.05) is 13.1 Å². The van der Waals surface area contributed by atoms with Gasteiger partial charge in [0, 0.05) is 13.1 Å². The summed E-state index contributed by atoms with van der Waals surface area (Å²) < 4.78 is 0. The molecule has 1 aromatic rings. The predicted molar refractivity (Wildman–Crippen MR) is 65.7 cm³/mol. The summed E-state index contributed by atoms with van der Waals surface area (Å²) in [4.78, 5) is 13.9. The molecule has 1 aromatic heterocycles. The molecule has 1 unspecified atom stereocenters. The number of carbonyl (C=O) groups is 1. The van der Waals surface area contributed by atoms with Crippen molar-refractivity contribution in [2.45, 2.75) is 26.7 Å². The maximum Gasteiger partial charge on any atom is 0.274 e. The van der Waals surface area contributed by atoms with E-state index in [4.69, 9.17) is 5.26 Å². The number of hydrogen-bond acceptors (Lipinski definition) is 4. The number of hydrogen-bond donors (Lipinski definition) is 0. The lowest BCUT2D eigenvalue weighted by Gasteiger charge is -2.29. The van der Waals surface area contributed by atoms with Crippen LogP contribution in [0, 0.1) is 31.1 Å². The van der Waals surface area contributed by atoms with E-state index < -0.39 is 0 Å². The van der Waals surface area contributed by atoms with Crippen LogP contribution in [0.15, 0.2) is 6.07 Å². The van der Waals surface area contributed by atoms with Crippen molar-refractivity contribution >= 4 is 5.91 Å². The third-order valence-corrected chi connectivity index (χ3v) is 3.34. The first-order chi connectivity index (χ1) is 8.61. The van der Waals surface area contributed by atoms with Crippen LogP contribution in [-0.4, -0.2) is 34.1 Å². The number of amides is 1. The van der Waals surface area contributed by atoms with Gasteiger partial charge in [0.05, 0.1) is 17.7 Å². The molecule has 1 aliphatic heterocycles. The lowest BCUT2D eigenvalue weighted by molar-refractivity contribution is 0.0691. The van der Waals surface area contributed by atoms with Gasteiger partial charge in [0.25, 0.3) is 5.91 Å². The zero-order valence-electron chi connectivity index (χ0n) is 10.7. The van der Waals surface area contributed by atoms with Gasteiger partial charge in [-0.15, -0.1) is 5.10 Å². The second kappa shape index (κ2) is 5.13. The molecule has 0 saturated carbocycles. The summed E-state index contributed by atoms with van der Waals surface area (Å²) in [5.41, 5.74) is 2.17. The Kier molecular flexibility index (Phi) is 3.56. The van der Waals surface area contributed by atoms with E-state index in [0.717, 1.165) is 24.1 Å². The van der Waals surface area contributed by atoms with Crippen molar-refractivity contribution < 1.29 is 4.79 Å². The van der Waals surface area contributed by atoms with Crippen molar-refractivity contribution in [3.63, 3.8) is 0 Å². The minimum Gasteiger partial charge on any atom is -0.336 e. The van der Waals surface area contributed by atoms with Crippen LogP contribution in [0.5, 0.6) is 0 Å². The minimum atomic E-state index is -0.120. The largest absolute Gasteiger partial charge is 0.336 e. The van der Waals surface area contributed by atoms with Gasteiger partial charge in [-0.1, -0.05) is 0 Å². The number of piperidine rings is 1. The summed E-state index contributed by atoms with van der Waals surface area (Å²) in [6.45, 7) is 4.98. The molecule has 1 saturated heterocycles. The summed E-state index contributed by atoms with van der Waals surface area (Å²) in [6.07, 6.45) is 1.75. The Balaban J connectivity index is 2.15. The molecule has 2 heterocycles. The molecule has 1 aliphatic rings. The van der Waals surface area contributed by atoms with Gasteiger partial charge >= 0.3 is 0 Å². The molecule has 5 heteroatoms. The molecule has 1 amide bonds. The molecule has 94 valence electrons. The molecule has 0 aromatic carbocycles. The molecular formula is C13H16N4O. The highest BCUT2D eigenvalue weighted by molar-refractivity contribution is 5.92. The lowest BCUT2D eigenvalue weighted by Crippen LogP contribution is -2.40. The van der Waals surface area contributed by atoms with Gasteiger partial charge < -0.3 is 4.90 Å². The van der Waals surface area contributed by atoms with Gasteiger partial charge in [-0.3, -0.25) is 4.79 Å². The molecule has 1 fully saturated rings. The lowest BCUT2D eigenvalue weighted by atomic mass is 9.99. The highest BCUT2D eigenvalue weighted by Gasteiger charge is 2.25. The Morgan fingerprint density at radius 1 is 1.50 bits per heavy atom. The number of rotatable bonds is 1. The van der Waals surface area contributed by atoms with Gasteiger partial charge in [-0.25, -0.2) is 0 Å². The van der Waals surface area contributed by atoms with E-state index in [0.29, 0.717) is 18.8 Å². The molecule has 2 rings (SSSR count). The van der Waals surface area contributed by atoms with E-state index in [1.165, 1.54) is 0 Å². The molecule has 18 heavy (non-hydrogen) atoms. The van der Waals surface area contributed by atoms with Gasteiger partial charge in [0.1, 0.15) is 0 Å². The van der Waals surface area contributed by atoms with Crippen LogP contribution in [0.3, 0.4) is 0 Å². The fourth-order valence-electron chi connectivity index (χ4n) is 2.08. The average molecular weight is 244 g/mol. The van der Waals surface area contributed by atoms with E-state index in [-0.39, 0.29) is 11.8 Å². The maximum atomic E-state index is 12.2. The third kappa shape index (κ3) is 2.48. The van der Waals surface area contributed by atoms with Crippen LogP contribution >= 0.6 is 0 Å². The monoisotopic (exact) mass is 244 g/mol. The van der Waals surface area contributed by atoms with Crippen molar-refractivity contribution in [1.82, 2.24) is 15.1 Å². The Hall–Kier alpha value is -1.96. The highest BCUT2D eigenvalue weighted by Crippen LogP contribution is 2.17. The van der Waals surface area contributed by atoms with E-state index in [1.807, 2.05) is 13.8 Å². The zero-order valence-corrected chi connectivity index (χ0v) is 10.7. The summed E-state index contributed by atoms with van der Waals surface area (Å²) in [5, 5.41) is 16.8. The van der Waals surface area contributed by atoms with Crippen LogP contribution in [0.1, 0.15) is 34.6 Å². The number of carbonyl (C=O) groups excluding carboxylic acids is 1. The fourth-order valence-corrected chi connectivity index (χ4v) is 2.08. The number of likely N-dealkylation sites (tertiary alicyclic amines) is 1. The van der Waals surface area contributed by atoms with Crippen molar-refractivity contribution in [3.8, 4) is 6.07 Å². The topological polar surface area (TPSA) is 69.9 Å². The first kappa shape index (κ1) is 12.5. The molecule has 0 N–H and O–H groups in total. The van der Waals surface area contributed by atoms with Crippen molar-refractivity contribution in [3.05, 3.63) is 23.0 Å². The quantitative estimate of drug-likeness (QED) is 0.750. The number of aromatic nitrogens is 2. The third-order valence-electron chi connectivity index (χ3n) is 3.34. The standard InChI is InChI=1S/C13H16N4O/c1-9-6-12(16-15-10(9)2)13(18)17-5-3-4-11(7-14)8-17/h6,11H,3-5,8H2,1-2H3. The Morgan fingerprint density at radius 2 is 2.28 bits per heavy atom. The molecule has 0 bridgehead atoms. The van der Waals surface area contributed by atoms with E-state index in [9.17, 15) is 4.79 Å². The van der Waals surface area contributed by atoms with E-state index in [2.05, 4.69) is 16.3 Å². The Labute approximate surface area is 106 Å². The molecular weight excluding hydrogens is 228 g/mol. The summed E-state index contributed by atoms with van der Waals surface area (Å²) in [7, 11) is 0. The predicted octanol–water partition coefficient (Wildman–Crippen LogP) is 1.47. The van der Waals surface area contributed by atoms with Gasteiger partial charge in [0.15, 0.2) is 5.69 Å². The van der Waals surface area contributed by atoms with Gasteiger partial charge in [-0.2, -0.15) is 10.4 Å². The van der Waals surface area contributed by atoms with Crippen LogP contribution in [-0.2, 0) is 0 Å². The molecule has 0 spiro atoms. The second-order valence-electron chi connectivity index (χ2n) is 4.72. The van der Waals surface area contributed by atoms with Gasteiger partial charge in [0.2, 0.25) is 0 Å². The zero-order chi connectivity index (χ0) is 13.1. The van der Waals surface area contributed by atoms with Crippen molar-refractivity contribution in [1.29, 1.82) is 5.26 Å². The molecule has 1 atom stereocenters. The average Bonchev–Trinajstić information content (AvgIpc) is 2.41. The normalized spacial score (nSPS) is 19.4. The van der Waals surface area contributed by atoms with Crippen LogP contribution < -0.4 is 0 Å². The number of aryl methyl sites for hydroxylation is 2. The Bertz CT molecular complexity index is 506. The summed E-state index contributed by atoms with van der Waals surface area (Å²) >= 11 is 0. The van der Waals surface area contributed by atoms with E-state index >= 15 is 0 Å². The number of nitriles is 1. The van der Waals surface area contributed by atoms with Crippen molar-refractivity contribution in [2.24, 2.45) is 5.92 Å². The highest BCUT2D eigenvalue weighted by atomic mass is 16.2. The van der Waals surface area contributed by atoms with Gasteiger partial charge in [-0.05, 0) is 38.3 Å². The SMILES string of the molecule is Cc1cc(C(=O)N2CCCC(C#N)C2)nnc1C. The minimum absolute atomic E-state index is 0.0535. The summed E-state index contributed by atoms with van der Waals surface area (Å²) in [6, 6.07) is 4.00. The number of nitrogens with zero attached hydrogens (tertiary/aromatic N) is 4. The maximum absolute atomic E-state index is 12.2. The smallest absolute Gasteiger partial charge is 0.274 e. The Morgan fingerprint density at radius 3 is 2.94 bits per heavy atom.